The van der Waals surface area contributed by atoms with Crippen LogP contribution in [0.15, 0.2) is 0 Å². The minimum atomic E-state index is -3.45. The lowest BCUT2D eigenvalue weighted by Crippen LogP contribution is -2.38. The first kappa shape index (κ1) is 11.7. The lowest BCUT2D eigenvalue weighted by molar-refractivity contribution is -0.129. The van der Waals surface area contributed by atoms with Crippen molar-refractivity contribution in [2.24, 2.45) is 0 Å². The first-order valence-corrected chi connectivity index (χ1v) is 6.39. The molecular weight excluding hydrogens is 228 g/mol. The number of halogens is 1. The molecule has 1 aliphatic rings. The van der Waals surface area contributed by atoms with Gasteiger partial charge in [-0.2, -0.15) is 4.31 Å². The number of sulfonamides is 1. The lowest BCUT2D eigenvalue weighted by Gasteiger charge is -2.17. The van der Waals surface area contributed by atoms with E-state index in [4.69, 9.17) is 11.6 Å². The molecule has 1 rings (SSSR count). The van der Waals surface area contributed by atoms with Crippen molar-refractivity contribution >= 4 is 27.5 Å². The van der Waals surface area contributed by atoms with Gasteiger partial charge >= 0.3 is 0 Å². The van der Waals surface area contributed by atoms with Crippen LogP contribution >= 0.6 is 11.6 Å². The number of rotatable bonds is 2. The van der Waals surface area contributed by atoms with Gasteiger partial charge in [-0.3, -0.25) is 4.79 Å². The second-order valence-electron chi connectivity index (χ2n) is 3.22. The third-order valence-corrected chi connectivity index (χ3v) is 4.37. The molecule has 0 unspecified atom stereocenters. The predicted octanol–water partition coefficient (Wildman–Crippen LogP) is -0.323. The predicted molar refractivity (Wildman–Crippen MR) is 53.5 cm³/mol. The summed E-state index contributed by atoms with van der Waals surface area (Å²) in [5.74, 6) is -0.184. The molecule has 0 atom stereocenters. The topological polar surface area (TPSA) is 57.7 Å². The van der Waals surface area contributed by atoms with Crippen LogP contribution in [0.4, 0.5) is 0 Å². The van der Waals surface area contributed by atoms with Gasteiger partial charge in [-0.15, -0.1) is 11.6 Å². The van der Waals surface area contributed by atoms with Gasteiger partial charge in [0.15, 0.2) is 0 Å². The molecule has 14 heavy (non-hydrogen) atoms. The van der Waals surface area contributed by atoms with Crippen molar-refractivity contribution < 1.29 is 13.2 Å². The molecule has 0 radical (unpaired) electrons. The van der Waals surface area contributed by atoms with Crippen LogP contribution in [0.5, 0.6) is 0 Å². The van der Waals surface area contributed by atoms with E-state index in [1.165, 1.54) is 4.90 Å². The fourth-order valence-corrected chi connectivity index (χ4v) is 2.53. The number of likely N-dealkylation sites (N-methyl/N-ethyl adjacent to an activating group) is 1. The maximum Gasteiger partial charge on any atom is 0.237 e. The molecule has 1 heterocycles. The summed E-state index contributed by atoms with van der Waals surface area (Å²) in [6.07, 6.45) is 0.651. The van der Waals surface area contributed by atoms with Crippen molar-refractivity contribution in [2.45, 2.75) is 6.42 Å². The highest BCUT2D eigenvalue weighted by atomic mass is 35.5. The SMILES string of the molecule is CN1CCCN(S(=O)(=O)CCl)CC1=O. The molecule has 1 aliphatic heterocycles. The Bertz CT molecular complexity index is 317. The van der Waals surface area contributed by atoms with Gasteiger partial charge in [0.25, 0.3) is 0 Å². The van der Waals surface area contributed by atoms with Gasteiger partial charge in [-0.05, 0) is 6.42 Å². The molecular formula is C7H13ClN2O3S. The Morgan fingerprint density at radius 1 is 1.43 bits per heavy atom. The van der Waals surface area contributed by atoms with Gasteiger partial charge < -0.3 is 4.90 Å². The van der Waals surface area contributed by atoms with Gasteiger partial charge in [0.2, 0.25) is 15.9 Å². The van der Waals surface area contributed by atoms with Crippen molar-refractivity contribution in [1.29, 1.82) is 0 Å². The summed E-state index contributed by atoms with van der Waals surface area (Å²) in [5, 5.41) is -0.468. The van der Waals surface area contributed by atoms with E-state index < -0.39 is 15.2 Å². The summed E-state index contributed by atoms with van der Waals surface area (Å²) in [5.41, 5.74) is 0. The minimum Gasteiger partial charge on any atom is -0.345 e. The van der Waals surface area contributed by atoms with E-state index in [0.29, 0.717) is 19.5 Å². The van der Waals surface area contributed by atoms with Crippen molar-refractivity contribution in [3.63, 3.8) is 0 Å². The standard InChI is InChI=1S/C7H13ClN2O3S/c1-9-3-2-4-10(5-7(9)11)14(12,13)6-8/h2-6H2,1H3. The van der Waals surface area contributed by atoms with Crippen LogP contribution in [0.3, 0.4) is 0 Å². The zero-order valence-electron chi connectivity index (χ0n) is 7.94. The molecule has 0 aromatic rings. The molecule has 0 N–H and O–H groups in total. The van der Waals surface area contributed by atoms with Gasteiger partial charge in [0.1, 0.15) is 5.21 Å². The number of nitrogens with zero attached hydrogens (tertiary/aromatic N) is 2. The Morgan fingerprint density at radius 2 is 2.07 bits per heavy atom. The summed E-state index contributed by atoms with van der Waals surface area (Å²) in [6, 6.07) is 0. The molecule has 7 heteroatoms. The number of hydrogen-bond donors (Lipinski definition) is 0. The number of hydrogen-bond acceptors (Lipinski definition) is 3. The quantitative estimate of drug-likeness (QED) is 0.622. The summed E-state index contributed by atoms with van der Waals surface area (Å²) in [4.78, 5) is 12.9. The van der Waals surface area contributed by atoms with E-state index in [1.54, 1.807) is 7.05 Å². The van der Waals surface area contributed by atoms with Crippen LogP contribution < -0.4 is 0 Å². The molecule has 0 saturated carbocycles. The van der Waals surface area contributed by atoms with Crippen LogP contribution in [0.1, 0.15) is 6.42 Å². The van der Waals surface area contributed by atoms with Crippen LogP contribution in [0.25, 0.3) is 0 Å². The minimum absolute atomic E-state index is 0.0917. The van der Waals surface area contributed by atoms with Crippen LogP contribution in [-0.4, -0.2) is 55.4 Å². The highest BCUT2D eigenvalue weighted by molar-refractivity contribution is 7.90. The Kier molecular flexibility index (Phi) is 3.74. The Hall–Kier alpha value is -0.330. The van der Waals surface area contributed by atoms with Crippen molar-refractivity contribution in [3.8, 4) is 0 Å². The summed E-state index contributed by atoms with van der Waals surface area (Å²) >= 11 is 5.31. The van der Waals surface area contributed by atoms with E-state index in [1.807, 2.05) is 0 Å². The maximum absolute atomic E-state index is 11.4. The average Bonchev–Trinajstić information content (AvgIpc) is 2.30. The monoisotopic (exact) mass is 240 g/mol. The highest BCUT2D eigenvalue weighted by Gasteiger charge is 2.27. The normalized spacial score (nSPS) is 21.0. The third kappa shape index (κ3) is 2.59. The van der Waals surface area contributed by atoms with E-state index in [2.05, 4.69) is 0 Å². The first-order valence-electron chi connectivity index (χ1n) is 4.25. The second-order valence-corrected chi connectivity index (χ2v) is 5.78. The fraction of sp³-hybridized carbons (Fsp3) is 0.857. The Labute approximate surface area is 88.7 Å². The number of amides is 1. The zero-order valence-corrected chi connectivity index (χ0v) is 9.51. The van der Waals surface area contributed by atoms with Crippen molar-refractivity contribution in [2.75, 3.05) is 31.9 Å². The molecule has 0 spiro atoms. The molecule has 82 valence electrons. The van der Waals surface area contributed by atoms with Crippen LogP contribution in [0, 0.1) is 0 Å². The van der Waals surface area contributed by atoms with E-state index in [9.17, 15) is 13.2 Å². The molecule has 1 amide bonds. The molecule has 0 bridgehead atoms. The second kappa shape index (κ2) is 4.46. The fourth-order valence-electron chi connectivity index (χ4n) is 1.27. The average molecular weight is 241 g/mol. The molecule has 1 saturated heterocycles. The lowest BCUT2D eigenvalue weighted by atomic mass is 10.4. The van der Waals surface area contributed by atoms with Gasteiger partial charge in [0.05, 0.1) is 6.54 Å². The van der Waals surface area contributed by atoms with Crippen LogP contribution in [0.2, 0.25) is 0 Å². The van der Waals surface area contributed by atoms with Crippen molar-refractivity contribution in [1.82, 2.24) is 9.21 Å². The zero-order chi connectivity index (χ0) is 10.8. The number of alkyl halides is 1. The molecule has 1 fully saturated rings. The summed E-state index contributed by atoms with van der Waals surface area (Å²) in [7, 11) is -1.78. The number of carbonyl (C=O) groups excluding carboxylic acids is 1. The molecule has 0 aromatic carbocycles. The largest absolute Gasteiger partial charge is 0.345 e. The first-order chi connectivity index (χ1) is 6.47. The van der Waals surface area contributed by atoms with Gasteiger partial charge in [-0.25, -0.2) is 8.42 Å². The smallest absolute Gasteiger partial charge is 0.237 e. The maximum atomic E-state index is 11.4. The summed E-state index contributed by atoms with van der Waals surface area (Å²) < 4.78 is 23.9. The number of carbonyl (C=O) groups is 1. The summed E-state index contributed by atoms with van der Waals surface area (Å²) in [6.45, 7) is 0.865. The van der Waals surface area contributed by atoms with E-state index >= 15 is 0 Å². The van der Waals surface area contributed by atoms with Gasteiger partial charge in [0, 0.05) is 20.1 Å². The highest BCUT2D eigenvalue weighted by Crippen LogP contribution is 2.09. The molecule has 5 nitrogen and oxygen atoms in total. The third-order valence-electron chi connectivity index (χ3n) is 2.17. The van der Waals surface area contributed by atoms with Crippen molar-refractivity contribution in [3.05, 3.63) is 0 Å². The Balaban J connectivity index is 2.78. The van der Waals surface area contributed by atoms with E-state index in [-0.39, 0.29) is 12.5 Å². The molecule has 0 aromatic heterocycles. The van der Waals surface area contributed by atoms with Crippen LogP contribution in [-0.2, 0) is 14.8 Å². The molecule has 0 aliphatic carbocycles. The van der Waals surface area contributed by atoms with E-state index in [0.717, 1.165) is 4.31 Å². The Morgan fingerprint density at radius 3 is 2.64 bits per heavy atom. The van der Waals surface area contributed by atoms with Gasteiger partial charge in [-0.1, -0.05) is 0 Å².